The Hall–Kier alpha value is -2.01. The van der Waals surface area contributed by atoms with E-state index < -0.39 is 7.75 Å². The summed E-state index contributed by atoms with van der Waals surface area (Å²) in [6.07, 6.45) is 3.02. The molecule has 6 nitrogen and oxygen atoms in total. The smallest absolute Gasteiger partial charge is 0.427 e. The van der Waals surface area contributed by atoms with Crippen LogP contribution in [0.25, 0.3) is 0 Å². The average Bonchev–Trinajstić information content (AvgIpc) is 2.45. The fourth-order valence-electron chi connectivity index (χ4n) is 2.41. The highest BCUT2D eigenvalue weighted by atomic mass is 31.2. The van der Waals surface area contributed by atoms with E-state index in [2.05, 4.69) is 5.09 Å². The molecular formula is C16H20NO5P. The van der Waals surface area contributed by atoms with Gasteiger partial charge in [0.15, 0.2) is 0 Å². The van der Waals surface area contributed by atoms with Crippen LogP contribution in [0.2, 0.25) is 0 Å². The summed E-state index contributed by atoms with van der Waals surface area (Å²) in [5, 5.41) is 21.1. The minimum Gasteiger partial charge on any atom is -0.508 e. The summed E-state index contributed by atoms with van der Waals surface area (Å²) < 4.78 is 11.1. The maximum atomic E-state index is 11.1. The number of nitrogens with one attached hydrogen (secondary N) is 1. The van der Waals surface area contributed by atoms with Crippen LogP contribution < -0.4 is 5.09 Å². The second-order valence-electron chi connectivity index (χ2n) is 5.37. The fourth-order valence-corrected chi connectivity index (χ4v) is 2.94. The zero-order valence-electron chi connectivity index (χ0n) is 12.5. The van der Waals surface area contributed by atoms with E-state index in [1.54, 1.807) is 18.2 Å². The summed E-state index contributed by atoms with van der Waals surface area (Å²) >= 11 is 0. The molecule has 2 rings (SSSR count). The van der Waals surface area contributed by atoms with Gasteiger partial charge in [0, 0.05) is 5.69 Å². The summed E-state index contributed by atoms with van der Waals surface area (Å²) in [5.74, 6) is 0.299. The molecule has 0 aliphatic heterocycles. The van der Waals surface area contributed by atoms with Crippen molar-refractivity contribution in [2.75, 3.05) is 5.09 Å². The first kappa shape index (κ1) is 17.3. The molecule has 0 unspecified atom stereocenters. The SMILES string of the molecule is O=P(O)(O)Nc1ccc(O)cc1CCCCc1cccc(O)c1. The quantitative estimate of drug-likeness (QED) is 0.302. The first-order valence-electron chi connectivity index (χ1n) is 7.27. The predicted octanol–water partition coefficient (Wildman–Crippen LogP) is 3.17. The van der Waals surface area contributed by atoms with Crippen LogP contribution in [0.4, 0.5) is 5.69 Å². The fraction of sp³-hybridized carbons (Fsp3) is 0.250. The third-order valence-electron chi connectivity index (χ3n) is 3.43. The van der Waals surface area contributed by atoms with Crippen LogP contribution in [0, 0.1) is 0 Å². The van der Waals surface area contributed by atoms with Crippen molar-refractivity contribution in [1.82, 2.24) is 0 Å². The number of anilines is 1. The molecule has 0 saturated heterocycles. The lowest BCUT2D eigenvalue weighted by Crippen LogP contribution is -1.99. The minimum absolute atomic E-state index is 0.0595. The number of hydrogen-bond donors (Lipinski definition) is 5. The van der Waals surface area contributed by atoms with Crippen molar-refractivity contribution in [3.05, 3.63) is 53.6 Å². The van der Waals surface area contributed by atoms with Crippen molar-refractivity contribution in [1.29, 1.82) is 0 Å². The molecule has 0 heterocycles. The van der Waals surface area contributed by atoms with Crippen LogP contribution in [0.5, 0.6) is 11.5 Å². The monoisotopic (exact) mass is 337 g/mol. The van der Waals surface area contributed by atoms with Crippen molar-refractivity contribution in [3.8, 4) is 11.5 Å². The van der Waals surface area contributed by atoms with Crippen LogP contribution in [-0.4, -0.2) is 20.0 Å². The summed E-state index contributed by atoms with van der Waals surface area (Å²) in [5.41, 5.74) is 2.02. The zero-order chi connectivity index (χ0) is 16.9. The van der Waals surface area contributed by atoms with E-state index in [0.29, 0.717) is 17.7 Å². The van der Waals surface area contributed by atoms with Gasteiger partial charge in [-0.3, -0.25) is 5.09 Å². The first-order valence-corrected chi connectivity index (χ1v) is 8.88. The zero-order valence-corrected chi connectivity index (χ0v) is 13.4. The Morgan fingerprint density at radius 2 is 1.61 bits per heavy atom. The number of hydrogen-bond acceptors (Lipinski definition) is 3. The van der Waals surface area contributed by atoms with Crippen LogP contribution in [0.15, 0.2) is 42.5 Å². The van der Waals surface area contributed by atoms with Crippen molar-refractivity contribution in [2.24, 2.45) is 0 Å². The molecule has 0 atom stereocenters. The molecule has 5 N–H and O–H groups in total. The minimum atomic E-state index is -4.38. The highest BCUT2D eigenvalue weighted by Gasteiger charge is 2.15. The number of benzene rings is 2. The third kappa shape index (κ3) is 5.94. The molecule has 2 aromatic rings. The standard InChI is InChI=1S/C16H20NO5P/c18-14-7-3-5-12(10-14)4-1-2-6-13-11-15(19)8-9-16(13)17-23(20,21)22/h3,5,7-11,18-19H,1-2,4,6H2,(H3,17,20,21,22). The lowest BCUT2D eigenvalue weighted by atomic mass is 10.0. The molecule has 23 heavy (non-hydrogen) atoms. The molecule has 124 valence electrons. The summed E-state index contributed by atoms with van der Waals surface area (Å²) in [7, 11) is -4.38. The van der Waals surface area contributed by atoms with Gasteiger partial charge in [-0.15, -0.1) is 0 Å². The average molecular weight is 337 g/mol. The van der Waals surface area contributed by atoms with Gasteiger partial charge >= 0.3 is 7.75 Å². The number of aromatic hydroxyl groups is 2. The van der Waals surface area contributed by atoms with Crippen LogP contribution in [-0.2, 0) is 17.4 Å². The molecule has 0 saturated carbocycles. The number of phenolic OH excluding ortho intramolecular Hbond substituents is 2. The lowest BCUT2D eigenvalue weighted by Gasteiger charge is -2.13. The van der Waals surface area contributed by atoms with Crippen LogP contribution >= 0.6 is 7.75 Å². The molecule has 0 radical (unpaired) electrons. The molecule has 0 aliphatic carbocycles. The van der Waals surface area contributed by atoms with E-state index >= 15 is 0 Å². The maximum absolute atomic E-state index is 11.1. The lowest BCUT2D eigenvalue weighted by molar-refractivity contribution is 0.380. The third-order valence-corrected chi connectivity index (χ3v) is 3.96. The molecule has 0 bridgehead atoms. The molecule has 2 aromatic carbocycles. The number of aryl methyl sites for hydroxylation is 2. The molecule has 0 amide bonds. The van der Waals surface area contributed by atoms with E-state index in [4.69, 9.17) is 9.79 Å². The van der Waals surface area contributed by atoms with Gasteiger partial charge in [-0.25, -0.2) is 4.57 Å². The highest BCUT2D eigenvalue weighted by Crippen LogP contribution is 2.37. The van der Waals surface area contributed by atoms with Crippen LogP contribution in [0.3, 0.4) is 0 Å². The molecule has 7 heteroatoms. The molecule has 0 aliphatic rings. The number of rotatable bonds is 7. The van der Waals surface area contributed by atoms with Crippen molar-refractivity contribution < 1.29 is 24.6 Å². The van der Waals surface area contributed by atoms with Gasteiger partial charge in [0.2, 0.25) is 0 Å². The topological polar surface area (TPSA) is 110 Å². The van der Waals surface area contributed by atoms with Crippen molar-refractivity contribution in [3.63, 3.8) is 0 Å². The second kappa shape index (κ2) is 7.51. The number of phenols is 2. The molecule has 0 spiro atoms. The summed E-state index contributed by atoms with van der Waals surface area (Å²) in [6, 6.07) is 11.4. The maximum Gasteiger partial charge on any atom is 0.427 e. The van der Waals surface area contributed by atoms with Crippen LogP contribution in [0.1, 0.15) is 24.0 Å². The van der Waals surface area contributed by atoms with Crippen molar-refractivity contribution >= 4 is 13.4 Å². The Balaban J connectivity index is 1.94. The van der Waals surface area contributed by atoms with E-state index in [-0.39, 0.29) is 11.5 Å². The highest BCUT2D eigenvalue weighted by molar-refractivity contribution is 7.53. The van der Waals surface area contributed by atoms with Gasteiger partial charge in [-0.05, 0) is 67.1 Å². The Bertz CT molecular complexity index is 713. The molecular weight excluding hydrogens is 317 g/mol. The Morgan fingerprint density at radius 3 is 2.30 bits per heavy atom. The molecule has 0 fully saturated rings. The Kier molecular flexibility index (Phi) is 5.66. The largest absolute Gasteiger partial charge is 0.508 e. The second-order valence-corrected chi connectivity index (χ2v) is 6.69. The van der Waals surface area contributed by atoms with Gasteiger partial charge in [-0.1, -0.05) is 12.1 Å². The first-order chi connectivity index (χ1) is 10.8. The Labute approximate surface area is 134 Å². The van der Waals surface area contributed by atoms with E-state index in [1.165, 1.54) is 18.2 Å². The van der Waals surface area contributed by atoms with E-state index in [9.17, 15) is 14.8 Å². The van der Waals surface area contributed by atoms with Gasteiger partial charge in [0.1, 0.15) is 11.5 Å². The Morgan fingerprint density at radius 1 is 0.913 bits per heavy atom. The number of unbranched alkanes of at least 4 members (excludes halogenated alkanes) is 1. The van der Waals surface area contributed by atoms with E-state index in [1.807, 2.05) is 6.07 Å². The predicted molar refractivity (Wildman–Crippen MR) is 88.5 cm³/mol. The van der Waals surface area contributed by atoms with Gasteiger partial charge in [0.05, 0.1) is 0 Å². The van der Waals surface area contributed by atoms with E-state index in [0.717, 1.165) is 24.8 Å². The summed E-state index contributed by atoms with van der Waals surface area (Å²) in [6.45, 7) is 0. The van der Waals surface area contributed by atoms with Gasteiger partial charge in [-0.2, -0.15) is 0 Å². The van der Waals surface area contributed by atoms with Crippen molar-refractivity contribution in [2.45, 2.75) is 25.7 Å². The summed E-state index contributed by atoms with van der Waals surface area (Å²) in [4.78, 5) is 18.0. The van der Waals surface area contributed by atoms with Gasteiger partial charge < -0.3 is 20.0 Å². The van der Waals surface area contributed by atoms with Gasteiger partial charge in [0.25, 0.3) is 0 Å². The normalized spacial score (nSPS) is 11.4. The molecule has 0 aromatic heterocycles.